The largest absolute Gasteiger partial charge is 0.508 e. The van der Waals surface area contributed by atoms with E-state index in [-0.39, 0.29) is 11.7 Å². The Hall–Kier alpha value is -1.22. The molecular formula is C13H18ClNO2. The molecule has 3 nitrogen and oxygen atoms in total. The SMILES string of the molecule is CCN(CC(C)C)C(=O)c1cc(O)ccc1Cl. The van der Waals surface area contributed by atoms with Crippen LogP contribution in [0.2, 0.25) is 5.02 Å². The third kappa shape index (κ3) is 3.63. The van der Waals surface area contributed by atoms with Crippen molar-refractivity contribution >= 4 is 17.5 Å². The monoisotopic (exact) mass is 255 g/mol. The molecule has 4 heteroatoms. The lowest BCUT2D eigenvalue weighted by atomic mass is 10.1. The number of benzene rings is 1. The summed E-state index contributed by atoms with van der Waals surface area (Å²) in [6.45, 7) is 7.35. The fraction of sp³-hybridized carbons (Fsp3) is 0.462. The Morgan fingerprint density at radius 2 is 2.12 bits per heavy atom. The van der Waals surface area contributed by atoms with E-state index in [9.17, 15) is 9.90 Å². The van der Waals surface area contributed by atoms with Gasteiger partial charge in [0.05, 0.1) is 10.6 Å². The van der Waals surface area contributed by atoms with Gasteiger partial charge in [-0.1, -0.05) is 25.4 Å². The second-order valence-electron chi connectivity index (χ2n) is 4.40. The molecule has 1 amide bonds. The molecule has 0 aliphatic rings. The van der Waals surface area contributed by atoms with Crippen molar-refractivity contribution in [3.8, 4) is 5.75 Å². The molecule has 0 aromatic heterocycles. The highest BCUT2D eigenvalue weighted by Gasteiger charge is 2.18. The summed E-state index contributed by atoms with van der Waals surface area (Å²) in [6, 6.07) is 4.42. The first-order valence-corrected chi connectivity index (χ1v) is 6.11. The summed E-state index contributed by atoms with van der Waals surface area (Å²) in [5.74, 6) is 0.315. The Morgan fingerprint density at radius 1 is 1.47 bits per heavy atom. The zero-order chi connectivity index (χ0) is 13.0. The zero-order valence-corrected chi connectivity index (χ0v) is 11.2. The summed E-state index contributed by atoms with van der Waals surface area (Å²) in [6.07, 6.45) is 0. The lowest BCUT2D eigenvalue weighted by molar-refractivity contribution is 0.0745. The highest BCUT2D eigenvalue weighted by atomic mass is 35.5. The normalized spacial score (nSPS) is 10.6. The van der Waals surface area contributed by atoms with Gasteiger partial charge in [-0.2, -0.15) is 0 Å². The minimum Gasteiger partial charge on any atom is -0.508 e. The molecule has 94 valence electrons. The molecule has 1 aromatic carbocycles. The lowest BCUT2D eigenvalue weighted by Gasteiger charge is -2.23. The molecule has 0 heterocycles. The molecule has 0 fully saturated rings. The second kappa shape index (κ2) is 5.92. The number of carbonyl (C=O) groups excluding carboxylic acids is 1. The number of rotatable bonds is 4. The molecule has 0 aliphatic heterocycles. The number of amides is 1. The van der Waals surface area contributed by atoms with E-state index in [0.717, 1.165) is 0 Å². The van der Waals surface area contributed by atoms with Crippen LogP contribution >= 0.6 is 11.6 Å². The summed E-state index contributed by atoms with van der Waals surface area (Å²) in [4.78, 5) is 13.9. The van der Waals surface area contributed by atoms with Crippen LogP contribution in [0.5, 0.6) is 5.75 Å². The maximum atomic E-state index is 12.2. The van der Waals surface area contributed by atoms with E-state index in [4.69, 9.17) is 11.6 Å². The van der Waals surface area contributed by atoms with Crippen molar-refractivity contribution in [2.45, 2.75) is 20.8 Å². The van der Waals surface area contributed by atoms with Crippen molar-refractivity contribution in [3.63, 3.8) is 0 Å². The molecule has 0 radical (unpaired) electrons. The van der Waals surface area contributed by atoms with Crippen molar-refractivity contribution in [2.75, 3.05) is 13.1 Å². The van der Waals surface area contributed by atoms with E-state index in [2.05, 4.69) is 13.8 Å². The number of carbonyl (C=O) groups is 1. The second-order valence-corrected chi connectivity index (χ2v) is 4.81. The van der Waals surface area contributed by atoms with Gasteiger partial charge >= 0.3 is 0 Å². The van der Waals surface area contributed by atoms with Crippen LogP contribution in [0.3, 0.4) is 0 Å². The van der Waals surface area contributed by atoms with Crippen LogP contribution in [0.4, 0.5) is 0 Å². The molecular weight excluding hydrogens is 238 g/mol. The molecule has 0 aliphatic carbocycles. The zero-order valence-electron chi connectivity index (χ0n) is 10.4. The van der Waals surface area contributed by atoms with Gasteiger partial charge in [0, 0.05) is 13.1 Å². The molecule has 17 heavy (non-hydrogen) atoms. The van der Waals surface area contributed by atoms with Crippen molar-refractivity contribution in [2.24, 2.45) is 5.92 Å². The minimum atomic E-state index is -0.137. The molecule has 0 saturated carbocycles. The summed E-state index contributed by atoms with van der Waals surface area (Å²) in [7, 11) is 0. The molecule has 1 N–H and O–H groups in total. The van der Waals surface area contributed by atoms with Gasteiger partial charge in [-0.3, -0.25) is 4.79 Å². The quantitative estimate of drug-likeness (QED) is 0.898. The predicted octanol–water partition coefficient (Wildman–Crippen LogP) is 3.16. The van der Waals surface area contributed by atoms with E-state index in [0.29, 0.717) is 29.6 Å². The van der Waals surface area contributed by atoms with Crippen molar-refractivity contribution < 1.29 is 9.90 Å². The molecule has 1 aromatic rings. The van der Waals surface area contributed by atoms with Crippen molar-refractivity contribution in [1.29, 1.82) is 0 Å². The topological polar surface area (TPSA) is 40.5 Å². The van der Waals surface area contributed by atoms with Gasteiger partial charge in [-0.25, -0.2) is 0 Å². The van der Waals surface area contributed by atoms with Crippen LogP contribution < -0.4 is 0 Å². The van der Waals surface area contributed by atoms with Gasteiger partial charge in [0.25, 0.3) is 5.91 Å². The molecule has 0 spiro atoms. The Balaban J connectivity index is 2.97. The third-order valence-corrected chi connectivity index (χ3v) is 2.76. The summed E-state index contributed by atoms with van der Waals surface area (Å²) >= 11 is 5.97. The van der Waals surface area contributed by atoms with E-state index >= 15 is 0 Å². The number of hydrogen-bond acceptors (Lipinski definition) is 2. The number of halogens is 1. The van der Waals surface area contributed by atoms with Crippen LogP contribution in [0.15, 0.2) is 18.2 Å². The van der Waals surface area contributed by atoms with E-state index in [1.165, 1.54) is 18.2 Å². The van der Waals surface area contributed by atoms with Gasteiger partial charge in [-0.15, -0.1) is 0 Å². The number of hydrogen-bond donors (Lipinski definition) is 1. The van der Waals surface area contributed by atoms with Crippen LogP contribution in [0.1, 0.15) is 31.1 Å². The van der Waals surface area contributed by atoms with Gasteiger partial charge in [-0.05, 0) is 31.0 Å². The summed E-state index contributed by atoms with van der Waals surface area (Å²) in [5, 5.41) is 9.76. The Morgan fingerprint density at radius 3 is 2.65 bits per heavy atom. The molecule has 0 unspecified atom stereocenters. The third-order valence-electron chi connectivity index (χ3n) is 2.43. The fourth-order valence-electron chi connectivity index (χ4n) is 1.64. The number of aromatic hydroxyl groups is 1. The van der Waals surface area contributed by atoms with Crippen LogP contribution in [-0.2, 0) is 0 Å². The van der Waals surface area contributed by atoms with Gasteiger partial charge < -0.3 is 10.0 Å². The van der Waals surface area contributed by atoms with Crippen molar-refractivity contribution in [3.05, 3.63) is 28.8 Å². The highest BCUT2D eigenvalue weighted by molar-refractivity contribution is 6.33. The summed E-state index contributed by atoms with van der Waals surface area (Å²) < 4.78 is 0. The van der Waals surface area contributed by atoms with Gasteiger partial charge in [0.15, 0.2) is 0 Å². The summed E-state index contributed by atoms with van der Waals surface area (Å²) in [5.41, 5.74) is 0.356. The smallest absolute Gasteiger partial charge is 0.255 e. The van der Waals surface area contributed by atoms with Crippen molar-refractivity contribution in [1.82, 2.24) is 4.90 Å². The maximum absolute atomic E-state index is 12.2. The Bertz CT molecular complexity index is 404. The van der Waals surface area contributed by atoms with E-state index in [1.54, 1.807) is 4.90 Å². The molecule has 0 atom stereocenters. The first-order chi connectivity index (χ1) is 7.95. The first-order valence-electron chi connectivity index (χ1n) is 5.73. The van der Waals surface area contributed by atoms with E-state index < -0.39 is 0 Å². The Kier molecular flexibility index (Phi) is 4.82. The number of phenolic OH excluding ortho intramolecular Hbond substituents is 1. The van der Waals surface area contributed by atoms with Gasteiger partial charge in [0.2, 0.25) is 0 Å². The average Bonchev–Trinajstić information content (AvgIpc) is 2.28. The minimum absolute atomic E-state index is 0.0540. The standard InChI is InChI=1S/C13H18ClNO2/c1-4-15(8-9(2)3)13(17)11-7-10(16)5-6-12(11)14/h5-7,9,16H,4,8H2,1-3H3. The number of phenols is 1. The highest BCUT2D eigenvalue weighted by Crippen LogP contribution is 2.22. The molecule has 0 bridgehead atoms. The fourth-order valence-corrected chi connectivity index (χ4v) is 1.84. The van der Waals surface area contributed by atoms with Crippen LogP contribution in [-0.4, -0.2) is 29.0 Å². The number of nitrogens with zero attached hydrogens (tertiary/aromatic N) is 1. The van der Waals surface area contributed by atoms with Crippen LogP contribution in [0.25, 0.3) is 0 Å². The maximum Gasteiger partial charge on any atom is 0.255 e. The first kappa shape index (κ1) is 13.8. The Labute approximate surface area is 107 Å². The molecule has 0 saturated heterocycles. The molecule has 1 rings (SSSR count). The van der Waals surface area contributed by atoms with Crippen LogP contribution in [0, 0.1) is 5.92 Å². The van der Waals surface area contributed by atoms with Gasteiger partial charge in [0.1, 0.15) is 5.75 Å². The van der Waals surface area contributed by atoms with E-state index in [1.807, 2.05) is 6.92 Å². The lowest BCUT2D eigenvalue weighted by Crippen LogP contribution is -2.34. The average molecular weight is 256 g/mol. The predicted molar refractivity (Wildman–Crippen MR) is 69.5 cm³/mol.